The number of hydrogen-bond donors (Lipinski definition) is 1. The van der Waals surface area contributed by atoms with Crippen LogP contribution in [0.5, 0.6) is 0 Å². The van der Waals surface area contributed by atoms with E-state index in [1.807, 2.05) is 56.3 Å². The van der Waals surface area contributed by atoms with Crippen LogP contribution in [0.2, 0.25) is 0 Å². The Morgan fingerprint density at radius 2 is 1.89 bits per heavy atom. The molecule has 0 bridgehead atoms. The van der Waals surface area contributed by atoms with Gasteiger partial charge in [0.1, 0.15) is 6.54 Å². The van der Waals surface area contributed by atoms with Gasteiger partial charge in [-0.05, 0) is 43.2 Å². The molecule has 180 valence electrons. The van der Waals surface area contributed by atoms with Crippen molar-refractivity contribution in [1.29, 1.82) is 0 Å². The molecule has 1 N–H and O–H groups in total. The molecule has 7 nitrogen and oxygen atoms in total. The van der Waals surface area contributed by atoms with E-state index < -0.39 is 0 Å². The van der Waals surface area contributed by atoms with Crippen LogP contribution >= 0.6 is 11.8 Å². The van der Waals surface area contributed by atoms with Crippen LogP contribution in [0, 0.1) is 6.92 Å². The fourth-order valence-corrected chi connectivity index (χ4v) is 5.51. The third-order valence-electron chi connectivity index (χ3n) is 6.83. The Bertz CT molecular complexity index is 1490. The van der Waals surface area contributed by atoms with Crippen molar-refractivity contribution in [3.63, 3.8) is 0 Å². The number of nitrogens with zero attached hydrogens (tertiary/aromatic N) is 4. The second-order valence-electron chi connectivity index (χ2n) is 9.31. The summed E-state index contributed by atoms with van der Waals surface area (Å²) in [5.41, 5.74) is 5.03. The minimum Gasteiger partial charge on any atom is -0.324 e. The van der Waals surface area contributed by atoms with Crippen LogP contribution in [0.25, 0.3) is 17.0 Å². The van der Waals surface area contributed by atoms with Gasteiger partial charge in [-0.3, -0.25) is 9.59 Å². The number of thioether (sulfide) groups is 1. The Hall–Kier alpha value is -3.39. The first-order valence-electron chi connectivity index (χ1n) is 12.0. The van der Waals surface area contributed by atoms with Crippen molar-refractivity contribution >= 4 is 29.1 Å². The fraction of sp³-hybridized carbons (Fsp3) is 0.333. The van der Waals surface area contributed by atoms with Gasteiger partial charge in [-0.15, -0.1) is 5.10 Å². The van der Waals surface area contributed by atoms with Gasteiger partial charge in [0, 0.05) is 16.7 Å². The summed E-state index contributed by atoms with van der Waals surface area (Å²) in [5, 5.41) is 8.13. The van der Waals surface area contributed by atoms with Gasteiger partial charge >= 0.3 is 0 Å². The van der Waals surface area contributed by atoms with E-state index in [-0.39, 0.29) is 23.4 Å². The van der Waals surface area contributed by atoms with Gasteiger partial charge in [0.15, 0.2) is 5.16 Å². The number of nitrogens with one attached hydrogen (secondary N) is 1. The number of carbonyl (C=O) groups excluding carboxylic acids is 1. The van der Waals surface area contributed by atoms with Gasteiger partial charge in [0.05, 0.1) is 11.3 Å². The summed E-state index contributed by atoms with van der Waals surface area (Å²) < 4.78 is 3.14. The Kier molecular flexibility index (Phi) is 6.01. The summed E-state index contributed by atoms with van der Waals surface area (Å²) in [6.07, 6.45) is 1.61. The quantitative estimate of drug-likeness (QED) is 0.394. The number of aryl methyl sites for hydroxylation is 1. The van der Waals surface area contributed by atoms with Crippen molar-refractivity contribution in [3.8, 4) is 11.3 Å². The molecule has 0 spiro atoms. The van der Waals surface area contributed by atoms with E-state index in [0.717, 1.165) is 41.0 Å². The highest BCUT2D eigenvalue weighted by Crippen LogP contribution is 2.42. The zero-order chi connectivity index (χ0) is 24.7. The minimum absolute atomic E-state index is 0.0421. The van der Waals surface area contributed by atoms with E-state index in [9.17, 15) is 9.59 Å². The third-order valence-corrected chi connectivity index (χ3v) is 7.64. The van der Waals surface area contributed by atoms with Crippen molar-refractivity contribution in [3.05, 3.63) is 75.6 Å². The van der Waals surface area contributed by atoms with E-state index in [1.165, 1.54) is 17.3 Å². The largest absolute Gasteiger partial charge is 0.324 e. The van der Waals surface area contributed by atoms with Crippen LogP contribution < -0.4 is 10.9 Å². The molecule has 2 aromatic heterocycles. The van der Waals surface area contributed by atoms with E-state index >= 15 is 0 Å². The Labute approximate surface area is 208 Å². The van der Waals surface area contributed by atoms with E-state index in [2.05, 4.69) is 30.3 Å². The maximum atomic E-state index is 14.0. The van der Waals surface area contributed by atoms with Gasteiger partial charge in [0.25, 0.3) is 5.56 Å². The zero-order valence-corrected chi connectivity index (χ0v) is 21.3. The normalized spacial score (nSPS) is 16.7. The van der Waals surface area contributed by atoms with Crippen molar-refractivity contribution in [2.45, 2.75) is 57.7 Å². The van der Waals surface area contributed by atoms with E-state index in [0.29, 0.717) is 16.6 Å². The van der Waals surface area contributed by atoms with Gasteiger partial charge in [-0.2, -0.15) is 0 Å². The number of rotatable bonds is 6. The molecule has 1 aliphatic carbocycles. The average Bonchev–Trinajstić information content (AvgIpc) is 3.17. The smallest absolute Gasteiger partial charge is 0.265 e. The topological polar surface area (TPSA) is 81.3 Å². The Morgan fingerprint density at radius 3 is 2.60 bits per heavy atom. The first-order valence-corrected chi connectivity index (χ1v) is 12.9. The maximum absolute atomic E-state index is 14.0. The predicted molar refractivity (Wildman–Crippen MR) is 140 cm³/mol. The van der Waals surface area contributed by atoms with Crippen molar-refractivity contribution < 1.29 is 4.79 Å². The molecule has 1 amide bonds. The number of fused-ring (bicyclic) bond motifs is 4. The highest BCUT2D eigenvalue weighted by molar-refractivity contribution is 7.99. The summed E-state index contributed by atoms with van der Waals surface area (Å²) in [4.78, 5) is 31.9. The molecule has 2 aromatic carbocycles. The molecule has 8 heteroatoms. The van der Waals surface area contributed by atoms with E-state index in [4.69, 9.17) is 4.98 Å². The molecule has 0 saturated carbocycles. The zero-order valence-electron chi connectivity index (χ0n) is 20.5. The number of amides is 1. The van der Waals surface area contributed by atoms with Crippen LogP contribution in [0.15, 0.2) is 58.5 Å². The average molecular weight is 488 g/mol. The van der Waals surface area contributed by atoms with Crippen molar-refractivity contribution in [2.75, 3.05) is 11.1 Å². The molecule has 4 aromatic rings. The standard InChI is InChI=1S/C27H29N5O2S/c1-5-27(4)15-18-9-7-8-10-20(18)23-22(27)24(34)32-25(29-23)31(30-26(32)35-6-2)16-21(33)28-19-13-11-17(3)12-14-19/h7-14H,5-6,15-16H2,1-4H3,(H,28,33)/t27-/m1/s1. The first kappa shape index (κ1) is 23.4. The summed E-state index contributed by atoms with van der Waals surface area (Å²) in [6.45, 7) is 8.23. The molecular weight excluding hydrogens is 458 g/mol. The number of anilines is 1. The third kappa shape index (κ3) is 4.05. The molecule has 0 fully saturated rings. The lowest BCUT2D eigenvalue weighted by Gasteiger charge is -2.35. The lowest BCUT2D eigenvalue weighted by Crippen LogP contribution is -2.38. The summed E-state index contributed by atoms with van der Waals surface area (Å²) in [7, 11) is 0. The summed E-state index contributed by atoms with van der Waals surface area (Å²) in [6, 6.07) is 15.8. The molecule has 0 radical (unpaired) electrons. The minimum atomic E-state index is -0.325. The molecule has 5 rings (SSSR count). The summed E-state index contributed by atoms with van der Waals surface area (Å²) in [5.74, 6) is 0.913. The predicted octanol–water partition coefficient (Wildman–Crippen LogP) is 4.84. The lowest BCUT2D eigenvalue weighted by atomic mass is 9.69. The maximum Gasteiger partial charge on any atom is 0.265 e. The number of aromatic nitrogens is 4. The number of carbonyl (C=O) groups is 1. The van der Waals surface area contributed by atoms with Gasteiger partial charge < -0.3 is 5.32 Å². The Balaban J connectivity index is 1.66. The SMILES string of the molecule is CCSc1nn(CC(=O)Nc2ccc(C)cc2)c2nc3c(c(=O)n12)[C@](C)(CC)Cc1ccccc1-3. The molecule has 1 atom stereocenters. The molecule has 0 unspecified atom stereocenters. The number of benzene rings is 2. The molecule has 0 aliphatic heterocycles. The van der Waals surface area contributed by atoms with Crippen LogP contribution in [0.1, 0.15) is 43.9 Å². The number of hydrogen-bond acceptors (Lipinski definition) is 5. The Morgan fingerprint density at radius 1 is 1.14 bits per heavy atom. The molecule has 35 heavy (non-hydrogen) atoms. The van der Waals surface area contributed by atoms with Crippen LogP contribution in [-0.4, -0.2) is 30.8 Å². The van der Waals surface area contributed by atoms with Crippen molar-refractivity contribution in [1.82, 2.24) is 19.2 Å². The van der Waals surface area contributed by atoms with Gasteiger partial charge in [-0.1, -0.05) is 74.5 Å². The second kappa shape index (κ2) is 9.00. The van der Waals surface area contributed by atoms with E-state index in [1.54, 1.807) is 9.08 Å². The molecular formula is C27H29N5O2S. The van der Waals surface area contributed by atoms with Crippen LogP contribution in [0.4, 0.5) is 5.69 Å². The highest BCUT2D eigenvalue weighted by atomic mass is 32.2. The highest BCUT2D eigenvalue weighted by Gasteiger charge is 2.38. The monoisotopic (exact) mass is 487 g/mol. The first-order chi connectivity index (χ1) is 16.8. The van der Waals surface area contributed by atoms with Crippen LogP contribution in [-0.2, 0) is 23.2 Å². The molecule has 1 aliphatic rings. The van der Waals surface area contributed by atoms with Crippen LogP contribution in [0.3, 0.4) is 0 Å². The second-order valence-corrected chi connectivity index (χ2v) is 10.5. The van der Waals surface area contributed by atoms with Crippen molar-refractivity contribution in [2.24, 2.45) is 0 Å². The van der Waals surface area contributed by atoms with Gasteiger partial charge in [0.2, 0.25) is 11.7 Å². The molecule has 2 heterocycles. The van der Waals surface area contributed by atoms with Gasteiger partial charge in [-0.25, -0.2) is 14.1 Å². The molecule has 0 saturated heterocycles. The fourth-order valence-electron chi connectivity index (χ4n) is 4.80. The summed E-state index contributed by atoms with van der Waals surface area (Å²) >= 11 is 1.48. The lowest BCUT2D eigenvalue weighted by molar-refractivity contribution is -0.116.